The molecule has 0 unspecified atom stereocenters. The molecular weight excluding hydrogens is 344 g/mol. The fraction of sp³-hybridized carbons (Fsp3) is 0.350. The van der Waals surface area contributed by atoms with Gasteiger partial charge in [0.15, 0.2) is 5.65 Å². The van der Waals surface area contributed by atoms with E-state index in [9.17, 15) is 9.90 Å². The van der Waals surface area contributed by atoms with Gasteiger partial charge in [-0.05, 0) is 43.5 Å². The Labute approximate surface area is 155 Å². The number of aromatic amines is 1. The Bertz CT molecular complexity index is 1050. The first-order valence-corrected chi connectivity index (χ1v) is 8.94. The van der Waals surface area contributed by atoms with Crippen LogP contribution in [-0.2, 0) is 15.0 Å². The van der Waals surface area contributed by atoms with Crippen LogP contribution in [0.3, 0.4) is 0 Å². The monoisotopic (exact) mass is 364 g/mol. The van der Waals surface area contributed by atoms with Crippen LogP contribution in [-0.4, -0.2) is 45.4 Å². The molecule has 7 nitrogen and oxygen atoms in total. The SMILES string of the molecule is CON(C)C(=O)C12CC(c3cc4cc(-c5ccccc5O)nnc4[nH]3)(C1)C2. The number of benzene rings is 1. The molecule has 0 saturated heterocycles. The summed E-state index contributed by atoms with van der Waals surface area (Å²) in [4.78, 5) is 20.9. The van der Waals surface area contributed by atoms with Crippen LogP contribution in [0.4, 0.5) is 0 Å². The summed E-state index contributed by atoms with van der Waals surface area (Å²) in [5, 5.41) is 20.9. The quantitative estimate of drug-likeness (QED) is 0.695. The van der Waals surface area contributed by atoms with Gasteiger partial charge < -0.3 is 10.1 Å². The zero-order valence-corrected chi connectivity index (χ0v) is 15.2. The summed E-state index contributed by atoms with van der Waals surface area (Å²) in [5.41, 5.74) is 2.89. The molecule has 1 aromatic carbocycles. The third kappa shape index (κ3) is 2.15. The molecule has 2 bridgehead atoms. The van der Waals surface area contributed by atoms with Gasteiger partial charge in [0.05, 0.1) is 18.2 Å². The van der Waals surface area contributed by atoms with Crippen molar-refractivity contribution in [2.75, 3.05) is 14.2 Å². The van der Waals surface area contributed by atoms with E-state index in [1.165, 1.54) is 12.2 Å². The summed E-state index contributed by atoms with van der Waals surface area (Å²) >= 11 is 0. The van der Waals surface area contributed by atoms with Gasteiger partial charge in [0.1, 0.15) is 5.75 Å². The predicted octanol–water partition coefficient (Wildman–Crippen LogP) is 2.77. The molecule has 0 atom stereocenters. The van der Waals surface area contributed by atoms with E-state index in [-0.39, 0.29) is 22.5 Å². The second-order valence-corrected chi connectivity index (χ2v) is 7.81. The smallest absolute Gasteiger partial charge is 0.252 e. The standard InChI is InChI=1S/C20H20N4O3/c1-24(27-2)18(26)20-9-19(10-20,11-20)16-8-12-7-14(22-23-17(12)21-16)13-5-3-4-6-15(13)25/h3-8,25H,9-11H2,1-2H3,(H,21,23). The van der Waals surface area contributed by atoms with E-state index in [0.717, 1.165) is 36.0 Å². The Morgan fingerprint density at radius 3 is 2.67 bits per heavy atom. The minimum atomic E-state index is -0.269. The molecule has 1 amide bonds. The number of amides is 1. The maximum atomic E-state index is 12.4. The third-order valence-corrected chi connectivity index (χ3v) is 6.17. The highest BCUT2D eigenvalue weighted by molar-refractivity contribution is 5.88. The van der Waals surface area contributed by atoms with Crippen molar-refractivity contribution in [3.63, 3.8) is 0 Å². The Balaban J connectivity index is 1.43. The number of hydroxylamine groups is 2. The molecule has 0 radical (unpaired) electrons. The molecule has 2 aromatic heterocycles. The molecule has 7 heteroatoms. The van der Waals surface area contributed by atoms with Crippen LogP contribution in [0.5, 0.6) is 5.75 Å². The fourth-order valence-electron chi connectivity index (χ4n) is 4.76. The first kappa shape index (κ1) is 16.3. The van der Waals surface area contributed by atoms with Gasteiger partial charge in [-0.15, -0.1) is 10.2 Å². The summed E-state index contributed by atoms with van der Waals surface area (Å²) in [5.74, 6) is 0.244. The molecule has 3 aliphatic carbocycles. The molecule has 6 rings (SSSR count). The van der Waals surface area contributed by atoms with Gasteiger partial charge in [-0.3, -0.25) is 9.63 Å². The van der Waals surface area contributed by atoms with Crippen molar-refractivity contribution in [1.82, 2.24) is 20.2 Å². The Morgan fingerprint density at radius 1 is 1.22 bits per heavy atom. The lowest BCUT2D eigenvalue weighted by Crippen LogP contribution is -2.70. The Morgan fingerprint density at radius 2 is 1.96 bits per heavy atom. The maximum absolute atomic E-state index is 12.4. The predicted molar refractivity (Wildman–Crippen MR) is 98.7 cm³/mol. The second kappa shape index (κ2) is 5.29. The molecule has 3 aliphatic rings. The minimum absolute atomic E-state index is 0.0278. The highest BCUT2D eigenvalue weighted by Gasteiger charge is 2.73. The van der Waals surface area contributed by atoms with Gasteiger partial charge in [0.2, 0.25) is 0 Å². The van der Waals surface area contributed by atoms with Gasteiger partial charge in [-0.2, -0.15) is 0 Å². The first-order chi connectivity index (χ1) is 13.0. The summed E-state index contributed by atoms with van der Waals surface area (Å²) in [7, 11) is 3.17. The molecular formula is C20H20N4O3. The van der Waals surface area contributed by atoms with E-state index in [2.05, 4.69) is 21.2 Å². The van der Waals surface area contributed by atoms with Crippen LogP contribution < -0.4 is 0 Å². The van der Waals surface area contributed by atoms with E-state index in [4.69, 9.17) is 4.84 Å². The van der Waals surface area contributed by atoms with Crippen molar-refractivity contribution in [2.24, 2.45) is 5.41 Å². The van der Waals surface area contributed by atoms with Gasteiger partial charge in [-0.1, -0.05) is 12.1 Å². The lowest BCUT2D eigenvalue weighted by molar-refractivity contribution is -0.218. The number of hydrogen-bond acceptors (Lipinski definition) is 5. The van der Waals surface area contributed by atoms with Crippen molar-refractivity contribution in [2.45, 2.75) is 24.7 Å². The largest absolute Gasteiger partial charge is 0.507 e. The van der Waals surface area contributed by atoms with Crippen molar-refractivity contribution in [3.8, 4) is 17.0 Å². The van der Waals surface area contributed by atoms with Gasteiger partial charge in [0, 0.05) is 29.1 Å². The summed E-state index contributed by atoms with van der Waals surface area (Å²) < 4.78 is 0. The lowest BCUT2D eigenvalue weighted by Gasteiger charge is -2.69. The van der Waals surface area contributed by atoms with E-state index < -0.39 is 0 Å². The molecule has 3 fully saturated rings. The van der Waals surface area contributed by atoms with E-state index in [1.807, 2.05) is 18.2 Å². The summed E-state index contributed by atoms with van der Waals surface area (Å²) in [6, 6.07) is 11.1. The number of para-hydroxylation sites is 1. The zero-order chi connectivity index (χ0) is 18.8. The number of carbonyl (C=O) groups is 1. The number of rotatable bonds is 4. The maximum Gasteiger partial charge on any atom is 0.252 e. The molecule has 3 saturated carbocycles. The van der Waals surface area contributed by atoms with Crippen LogP contribution in [0, 0.1) is 5.41 Å². The second-order valence-electron chi connectivity index (χ2n) is 7.81. The topological polar surface area (TPSA) is 91.3 Å². The van der Waals surface area contributed by atoms with Crippen molar-refractivity contribution < 1.29 is 14.7 Å². The average Bonchev–Trinajstić information content (AvgIpc) is 3.01. The molecule has 2 N–H and O–H groups in total. The number of nitrogens with one attached hydrogen (secondary N) is 1. The number of hydrogen-bond donors (Lipinski definition) is 2. The Hall–Kier alpha value is -2.93. The molecule has 0 aliphatic heterocycles. The number of nitrogens with zero attached hydrogens (tertiary/aromatic N) is 3. The van der Waals surface area contributed by atoms with E-state index >= 15 is 0 Å². The highest BCUT2D eigenvalue weighted by atomic mass is 16.7. The molecule has 0 spiro atoms. The lowest BCUT2D eigenvalue weighted by atomic mass is 9.34. The molecule has 3 aromatic rings. The van der Waals surface area contributed by atoms with Crippen molar-refractivity contribution in [3.05, 3.63) is 42.1 Å². The number of aromatic hydroxyl groups is 1. The highest BCUT2D eigenvalue weighted by Crippen LogP contribution is 2.74. The summed E-state index contributed by atoms with van der Waals surface area (Å²) in [6.07, 6.45) is 2.50. The average molecular weight is 364 g/mol. The van der Waals surface area contributed by atoms with Crippen LogP contribution in [0.1, 0.15) is 25.0 Å². The van der Waals surface area contributed by atoms with Crippen molar-refractivity contribution in [1.29, 1.82) is 0 Å². The van der Waals surface area contributed by atoms with E-state index in [0.29, 0.717) is 11.3 Å². The van der Waals surface area contributed by atoms with Crippen LogP contribution >= 0.6 is 0 Å². The minimum Gasteiger partial charge on any atom is -0.507 e. The van der Waals surface area contributed by atoms with E-state index in [1.54, 1.807) is 19.2 Å². The van der Waals surface area contributed by atoms with Gasteiger partial charge in [0.25, 0.3) is 5.91 Å². The third-order valence-electron chi connectivity index (χ3n) is 6.17. The number of carbonyl (C=O) groups excluding carboxylic acids is 1. The van der Waals surface area contributed by atoms with Crippen LogP contribution in [0.2, 0.25) is 0 Å². The molecule has 2 heterocycles. The summed E-state index contributed by atoms with van der Waals surface area (Å²) in [6.45, 7) is 0. The Kier molecular flexibility index (Phi) is 3.19. The number of phenols is 1. The molecule has 27 heavy (non-hydrogen) atoms. The molecule has 138 valence electrons. The van der Waals surface area contributed by atoms with Crippen molar-refractivity contribution >= 4 is 16.9 Å². The van der Waals surface area contributed by atoms with Gasteiger partial charge in [-0.25, -0.2) is 5.06 Å². The zero-order valence-electron chi connectivity index (χ0n) is 15.2. The van der Waals surface area contributed by atoms with Crippen LogP contribution in [0.15, 0.2) is 36.4 Å². The van der Waals surface area contributed by atoms with Crippen LogP contribution in [0.25, 0.3) is 22.3 Å². The normalized spacial score (nSPS) is 25.7. The fourth-order valence-corrected chi connectivity index (χ4v) is 4.76. The number of aromatic nitrogens is 3. The number of H-pyrrole nitrogens is 1. The first-order valence-electron chi connectivity index (χ1n) is 8.94. The number of fused-ring (bicyclic) bond motifs is 1. The number of phenolic OH excluding ortho intramolecular Hbond substituents is 1. The van der Waals surface area contributed by atoms with Gasteiger partial charge >= 0.3 is 0 Å².